The molecule has 148 valence electrons. The van der Waals surface area contributed by atoms with Crippen molar-refractivity contribution in [2.24, 2.45) is 5.92 Å². The number of benzene rings is 2. The van der Waals surface area contributed by atoms with E-state index in [1.54, 1.807) is 25.3 Å². The van der Waals surface area contributed by atoms with Gasteiger partial charge in [-0.2, -0.15) is 0 Å². The van der Waals surface area contributed by atoms with Crippen LogP contribution in [0, 0.1) is 5.92 Å². The minimum absolute atomic E-state index is 0.00896. The third-order valence-corrected chi connectivity index (χ3v) is 5.09. The highest BCUT2D eigenvalue weighted by molar-refractivity contribution is 5.98. The summed E-state index contributed by atoms with van der Waals surface area (Å²) >= 11 is 0. The molecule has 0 saturated carbocycles. The van der Waals surface area contributed by atoms with Crippen LogP contribution in [0.25, 0.3) is 0 Å². The summed E-state index contributed by atoms with van der Waals surface area (Å²) in [5.41, 5.74) is 1.43. The third kappa shape index (κ3) is 4.27. The first-order valence-electron chi connectivity index (χ1n) is 9.56. The molecular weight excluding hydrogens is 356 g/mol. The molecule has 2 aromatic rings. The number of likely N-dealkylation sites (tertiary alicyclic amines) is 1. The van der Waals surface area contributed by atoms with Gasteiger partial charge in [0.1, 0.15) is 11.5 Å². The SMILES string of the molecule is CCCCN1C(=O)CC(C(=O)Nc2cccc(O)c2)C1c1ccc(OC)cc1. The lowest BCUT2D eigenvalue weighted by molar-refractivity contribution is -0.129. The number of phenolic OH excluding ortho intramolecular Hbond substituents is 1. The molecule has 2 atom stereocenters. The predicted octanol–water partition coefficient (Wildman–Crippen LogP) is 3.73. The van der Waals surface area contributed by atoms with E-state index in [4.69, 9.17) is 4.74 Å². The number of methoxy groups -OCH3 is 1. The highest BCUT2D eigenvalue weighted by Crippen LogP contribution is 2.39. The van der Waals surface area contributed by atoms with Crippen molar-refractivity contribution in [2.45, 2.75) is 32.2 Å². The number of carbonyl (C=O) groups excluding carboxylic acids is 2. The van der Waals surface area contributed by atoms with Gasteiger partial charge in [0.05, 0.1) is 19.1 Å². The largest absolute Gasteiger partial charge is 0.508 e. The number of amides is 2. The van der Waals surface area contributed by atoms with E-state index >= 15 is 0 Å². The molecule has 1 heterocycles. The standard InChI is InChI=1S/C22H26N2O4/c1-3-4-12-24-20(26)14-19(21(24)15-8-10-18(28-2)11-9-15)22(27)23-16-6-5-7-17(25)13-16/h5-11,13,19,21,25H,3-4,12,14H2,1-2H3,(H,23,27). The number of unbranched alkanes of at least 4 members (excludes halogenated alkanes) is 1. The maximum Gasteiger partial charge on any atom is 0.230 e. The van der Waals surface area contributed by atoms with Gasteiger partial charge in [-0.25, -0.2) is 0 Å². The van der Waals surface area contributed by atoms with Crippen molar-refractivity contribution >= 4 is 17.5 Å². The molecule has 6 heteroatoms. The Hall–Kier alpha value is -3.02. The van der Waals surface area contributed by atoms with Crippen LogP contribution in [0.2, 0.25) is 0 Å². The van der Waals surface area contributed by atoms with E-state index in [2.05, 4.69) is 12.2 Å². The normalized spacial score (nSPS) is 18.9. The Morgan fingerprint density at radius 2 is 2.00 bits per heavy atom. The van der Waals surface area contributed by atoms with Gasteiger partial charge in [-0.05, 0) is 36.2 Å². The molecule has 28 heavy (non-hydrogen) atoms. The molecule has 6 nitrogen and oxygen atoms in total. The van der Waals surface area contributed by atoms with Gasteiger partial charge in [0.25, 0.3) is 0 Å². The van der Waals surface area contributed by atoms with Crippen LogP contribution in [0.4, 0.5) is 5.69 Å². The highest BCUT2D eigenvalue weighted by Gasteiger charge is 2.44. The van der Waals surface area contributed by atoms with Gasteiger partial charge < -0.3 is 20.1 Å². The van der Waals surface area contributed by atoms with Crippen LogP contribution in [0.1, 0.15) is 37.8 Å². The van der Waals surface area contributed by atoms with Gasteiger partial charge in [0, 0.05) is 24.7 Å². The summed E-state index contributed by atoms with van der Waals surface area (Å²) in [5.74, 6) is 0.0784. The second kappa shape index (κ2) is 8.78. The monoisotopic (exact) mass is 382 g/mol. The lowest BCUT2D eigenvalue weighted by Crippen LogP contribution is -2.33. The molecule has 1 aliphatic heterocycles. The first-order chi connectivity index (χ1) is 13.5. The average molecular weight is 382 g/mol. The Kier molecular flexibility index (Phi) is 6.19. The number of aromatic hydroxyl groups is 1. The second-order valence-electron chi connectivity index (χ2n) is 7.01. The number of carbonyl (C=O) groups is 2. The van der Waals surface area contributed by atoms with Crippen molar-refractivity contribution in [1.82, 2.24) is 4.90 Å². The van der Waals surface area contributed by atoms with E-state index in [1.165, 1.54) is 6.07 Å². The molecule has 1 saturated heterocycles. The summed E-state index contributed by atoms with van der Waals surface area (Å²) in [7, 11) is 1.60. The Bertz CT molecular complexity index is 835. The van der Waals surface area contributed by atoms with E-state index in [0.29, 0.717) is 12.2 Å². The number of nitrogens with zero attached hydrogens (tertiary/aromatic N) is 1. The Labute approximate surface area is 165 Å². The number of rotatable bonds is 7. The molecule has 0 aromatic heterocycles. The van der Waals surface area contributed by atoms with E-state index in [9.17, 15) is 14.7 Å². The lowest BCUT2D eigenvalue weighted by Gasteiger charge is -2.28. The topological polar surface area (TPSA) is 78.9 Å². The minimum Gasteiger partial charge on any atom is -0.508 e. The molecular formula is C22H26N2O4. The van der Waals surface area contributed by atoms with Gasteiger partial charge in [-0.3, -0.25) is 9.59 Å². The molecule has 0 bridgehead atoms. The zero-order valence-electron chi connectivity index (χ0n) is 16.2. The predicted molar refractivity (Wildman–Crippen MR) is 107 cm³/mol. The van der Waals surface area contributed by atoms with E-state index in [-0.39, 0.29) is 30.0 Å². The number of hydrogen-bond acceptors (Lipinski definition) is 4. The number of hydrogen-bond donors (Lipinski definition) is 2. The fourth-order valence-corrected chi connectivity index (χ4v) is 3.65. The summed E-state index contributed by atoms with van der Waals surface area (Å²) < 4.78 is 5.23. The van der Waals surface area contributed by atoms with Crippen LogP contribution in [0.5, 0.6) is 11.5 Å². The number of nitrogens with one attached hydrogen (secondary N) is 1. The maximum atomic E-state index is 13.0. The van der Waals surface area contributed by atoms with Crippen molar-refractivity contribution < 1.29 is 19.4 Å². The fraction of sp³-hybridized carbons (Fsp3) is 0.364. The number of ether oxygens (including phenoxy) is 1. The molecule has 1 aliphatic rings. The molecule has 1 fully saturated rings. The molecule has 2 amide bonds. The van der Waals surface area contributed by atoms with Crippen LogP contribution >= 0.6 is 0 Å². The first kappa shape index (κ1) is 19.7. The summed E-state index contributed by atoms with van der Waals surface area (Å²) in [6.45, 7) is 2.71. The minimum atomic E-state index is -0.500. The number of anilines is 1. The summed E-state index contributed by atoms with van der Waals surface area (Å²) in [6, 6.07) is 13.6. The van der Waals surface area contributed by atoms with Gasteiger partial charge >= 0.3 is 0 Å². The van der Waals surface area contributed by atoms with Crippen LogP contribution in [-0.4, -0.2) is 35.5 Å². The maximum absolute atomic E-state index is 13.0. The van der Waals surface area contributed by atoms with Gasteiger partial charge in [-0.1, -0.05) is 31.5 Å². The summed E-state index contributed by atoms with van der Waals surface area (Å²) in [6.07, 6.45) is 2.03. The lowest BCUT2D eigenvalue weighted by atomic mass is 9.92. The van der Waals surface area contributed by atoms with E-state index in [0.717, 1.165) is 24.2 Å². The number of phenols is 1. The third-order valence-electron chi connectivity index (χ3n) is 5.09. The summed E-state index contributed by atoms with van der Waals surface area (Å²) in [4.78, 5) is 27.5. The van der Waals surface area contributed by atoms with Gasteiger partial charge in [0.2, 0.25) is 11.8 Å². The van der Waals surface area contributed by atoms with Crippen molar-refractivity contribution in [3.63, 3.8) is 0 Å². The van der Waals surface area contributed by atoms with Gasteiger partial charge in [-0.15, -0.1) is 0 Å². The van der Waals surface area contributed by atoms with Crippen molar-refractivity contribution in [3.8, 4) is 11.5 Å². The van der Waals surface area contributed by atoms with Crippen molar-refractivity contribution in [2.75, 3.05) is 19.0 Å². The van der Waals surface area contributed by atoms with Crippen molar-refractivity contribution in [1.29, 1.82) is 0 Å². The molecule has 2 unspecified atom stereocenters. The zero-order valence-corrected chi connectivity index (χ0v) is 16.2. The Balaban J connectivity index is 1.87. The van der Waals surface area contributed by atoms with Crippen LogP contribution < -0.4 is 10.1 Å². The summed E-state index contributed by atoms with van der Waals surface area (Å²) in [5, 5.41) is 12.5. The molecule has 0 aliphatic carbocycles. The Morgan fingerprint density at radius 3 is 2.64 bits per heavy atom. The molecule has 0 radical (unpaired) electrons. The molecule has 2 N–H and O–H groups in total. The second-order valence-corrected chi connectivity index (χ2v) is 7.01. The van der Waals surface area contributed by atoms with Crippen LogP contribution in [-0.2, 0) is 9.59 Å². The molecule has 2 aromatic carbocycles. The van der Waals surface area contributed by atoms with Crippen molar-refractivity contribution in [3.05, 3.63) is 54.1 Å². The van der Waals surface area contributed by atoms with Crippen LogP contribution in [0.3, 0.4) is 0 Å². The first-order valence-corrected chi connectivity index (χ1v) is 9.56. The van der Waals surface area contributed by atoms with E-state index < -0.39 is 5.92 Å². The fourth-order valence-electron chi connectivity index (χ4n) is 3.65. The quantitative estimate of drug-likeness (QED) is 0.765. The highest BCUT2D eigenvalue weighted by atomic mass is 16.5. The Morgan fingerprint density at radius 1 is 1.25 bits per heavy atom. The zero-order chi connectivity index (χ0) is 20.1. The smallest absolute Gasteiger partial charge is 0.230 e. The van der Waals surface area contributed by atoms with Crippen LogP contribution in [0.15, 0.2) is 48.5 Å². The van der Waals surface area contributed by atoms with Gasteiger partial charge in [0.15, 0.2) is 0 Å². The average Bonchev–Trinajstić information content (AvgIpc) is 3.03. The molecule has 0 spiro atoms. The van der Waals surface area contributed by atoms with E-state index in [1.807, 2.05) is 29.2 Å². The molecule has 3 rings (SSSR count).